The second kappa shape index (κ2) is 9.58. The van der Waals surface area contributed by atoms with Crippen LogP contribution in [0.4, 0.5) is 10.1 Å². The molecule has 0 bridgehead atoms. The Bertz CT molecular complexity index is 902. The lowest BCUT2D eigenvalue weighted by atomic mass is 9.96. The second-order valence-corrected chi connectivity index (χ2v) is 8.42. The third-order valence-corrected chi connectivity index (χ3v) is 5.76. The molecule has 0 aromatic heterocycles. The molecule has 6 heteroatoms. The summed E-state index contributed by atoms with van der Waals surface area (Å²) in [6, 6.07) is 10.6. The molecule has 162 valence electrons. The van der Waals surface area contributed by atoms with Crippen LogP contribution < -0.4 is 10.1 Å². The molecule has 0 saturated carbocycles. The maximum Gasteiger partial charge on any atom is 0.238 e. The molecule has 0 spiro atoms. The van der Waals surface area contributed by atoms with Gasteiger partial charge in [-0.15, -0.1) is 0 Å². The van der Waals surface area contributed by atoms with E-state index in [9.17, 15) is 14.3 Å². The van der Waals surface area contributed by atoms with Crippen molar-refractivity contribution in [3.8, 4) is 5.75 Å². The Hall–Kier alpha value is -2.44. The summed E-state index contributed by atoms with van der Waals surface area (Å²) in [7, 11) is 0. The molecule has 2 N–H and O–H groups in total. The highest BCUT2D eigenvalue weighted by molar-refractivity contribution is 5.92. The molecule has 1 aliphatic heterocycles. The van der Waals surface area contributed by atoms with Crippen molar-refractivity contribution in [3.05, 3.63) is 58.9 Å². The van der Waals surface area contributed by atoms with Crippen LogP contribution in [0.5, 0.6) is 5.75 Å². The highest BCUT2D eigenvalue weighted by atomic mass is 19.1. The Morgan fingerprint density at radius 3 is 2.70 bits per heavy atom. The van der Waals surface area contributed by atoms with Crippen molar-refractivity contribution < 1.29 is 19.0 Å². The molecule has 0 radical (unpaired) electrons. The van der Waals surface area contributed by atoms with Gasteiger partial charge in [-0.3, -0.25) is 9.69 Å². The fraction of sp³-hybridized carbons (Fsp3) is 0.458. The standard InChI is InChI=1S/C24H31FN2O3/c1-17-5-8-21(25)22(13-17)26-23(28)15-27-11-4-9-24(29,10-12-27)16-30-20-7-6-18(2)19(3)14-20/h5-8,13-14,29H,4,9-12,15-16H2,1-3H3,(H,26,28). The van der Waals surface area contributed by atoms with Crippen LogP contribution in [0.3, 0.4) is 0 Å². The highest BCUT2D eigenvalue weighted by Crippen LogP contribution is 2.25. The van der Waals surface area contributed by atoms with Crippen LogP contribution in [0.15, 0.2) is 36.4 Å². The van der Waals surface area contributed by atoms with Crippen LogP contribution in [0.25, 0.3) is 0 Å². The van der Waals surface area contributed by atoms with Crippen molar-refractivity contribution in [3.63, 3.8) is 0 Å². The molecule has 1 fully saturated rings. The van der Waals surface area contributed by atoms with Gasteiger partial charge in [0.2, 0.25) is 5.91 Å². The number of aliphatic hydroxyl groups is 1. The molecule has 1 heterocycles. The van der Waals surface area contributed by atoms with Crippen molar-refractivity contribution in [1.82, 2.24) is 4.90 Å². The zero-order valence-electron chi connectivity index (χ0n) is 18.0. The van der Waals surface area contributed by atoms with Gasteiger partial charge in [-0.1, -0.05) is 12.1 Å². The van der Waals surface area contributed by atoms with Gasteiger partial charge in [0.15, 0.2) is 0 Å². The van der Waals surface area contributed by atoms with Gasteiger partial charge in [0.05, 0.1) is 17.8 Å². The molecule has 3 rings (SSSR count). The number of carbonyl (C=O) groups is 1. The number of nitrogens with zero attached hydrogens (tertiary/aromatic N) is 1. The van der Waals surface area contributed by atoms with Crippen LogP contribution in [0.2, 0.25) is 0 Å². The van der Waals surface area contributed by atoms with E-state index in [1.807, 2.05) is 36.9 Å². The number of halogens is 1. The van der Waals surface area contributed by atoms with E-state index in [0.717, 1.165) is 23.3 Å². The molecule has 0 aliphatic carbocycles. The van der Waals surface area contributed by atoms with Crippen LogP contribution in [0, 0.1) is 26.6 Å². The van der Waals surface area contributed by atoms with Gasteiger partial charge in [-0.2, -0.15) is 0 Å². The summed E-state index contributed by atoms with van der Waals surface area (Å²) in [5.74, 6) is 0.0613. The van der Waals surface area contributed by atoms with Crippen LogP contribution in [-0.2, 0) is 4.79 Å². The number of benzene rings is 2. The molecule has 1 atom stereocenters. The van der Waals surface area contributed by atoms with Crippen molar-refractivity contribution >= 4 is 11.6 Å². The summed E-state index contributed by atoms with van der Waals surface area (Å²) >= 11 is 0. The highest BCUT2D eigenvalue weighted by Gasteiger charge is 2.31. The Morgan fingerprint density at radius 1 is 1.13 bits per heavy atom. The molecule has 2 aromatic rings. The van der Waals surface area contributed by atoms with E-state index in [4.69, 9.17) is 4.74 Å². The minimum Gasteiger partial charge on any atom is -0.491 e. The third-order valence-electron chi connectivity index (χ3n) is 5.76. The lowest BCUT2D eigenvalue weighted by molar-refractivity contribution is -0.117. The topological polar surface area (TPSA) is 61.8 Å². The number of nitrogens with one attached hydrogen (secondary N) is 1. The lowest BCUT2D eigenvalue weighted by Crippen LogP contribution is -2.38. The van der Waals surface area contributed by atoms with Gasteiger partial charge in [-0.05, 0) is 87.5 Å². The van der Waals surface area contributed by atoms with E-state index in [1.165, 1.54) is 11.6 Å². The molecular weight excluding hydrogens is 383 g/mol. The van der Waals surface area contributed by atoms with E-state index < -0.39 is 11.4 Å². The summed E-state index contributed by atoms with van der Waals surface area (Å²) in [6.07, 6.45) is 1.89. The second-order valence-electron chi connectivity index (χ2n) is 8.42. The van der Waals surface area contributed by atoms with Crippen LogP contribution >= 0.6 is 0 Å². The van der Waals surface area contributed by atoms with Crippen LogP contribution in [0.1, 0.15) is 36.0 Å². The molecular formula is C24H31FN2O3. The van der Waals surface area contributed by atoms with Gasteiger partial charge in [-0.25, -0.2) is 4.39 Å². The number of hydrogen-bond acceptors (Lipinski definition) is 4. The van der Waals surface area contributed by atoms with Crippen molar-refractivity contribution in [1.29, 1.82) is 0 Å². The average molecular weight is 415 g/mol. The SMILES string of the molecule is Cc1ccc(F)c(NC(=O)CN2CCCC(O)(COc3ccc(C)c(C)c3)CC2)c1. The Balaban J connectivity index is 1.51. The summed E-state index contributed by atoms with van der Waals surface area (Å²) in [4.78, 5) is 14.4. The number of anilines is 1. The maximum atomic E-state index is 13.9. The normalized spacial score (nSPS) is 19.9. The minimum atomic E-state index is -0.924. The van der Waals surface area contributed by atoms with E-state index in [1.54, 1.807) is 12.1 Å². The van der Waals surface area contributed by atoms with Gasteiger partial charge >= 0.3 is 0 Å². The zero-order valence-corrected chi connectivity index (χ0v) is 18.0. The number of carbonyl (C=O) groups excluding carboxylic acids is 1. The first-order valence-electron chi connectivity index (χ1n) is 10.4. The maximum absolute atomic E-state index is 13.9. The monoisotopic (exact) mass is 414 g/mol. The van der Waals surface area contributed by atoms with Gasteiger partial charge < -0.3 is 15.2 Å². The predicted molar refractivity (Wildman–Crippen MR) is 116 cm³/mol. The zero-order chi connectivity index (χ0) is 21.7. The van der Waals surface area contributed by atoms with Crippen LogP contribution in [-0.4, -0.2) is 47.8 Å². The average Bonchev–Trinajstić information content (AvgIpc) is 2.88. The number of likely N-dealkylation sites (tertiary alicyclic amines) is 1. The predicted octanol–water partition coefficient (Wildman–Crippen LogP) is 3.99. The summed E-state index contributed by atoms with van der Waals surface area (Å²) in [5, 5.41) is 13.6. The van der Waals surface area contributed by atoms with E-state index in [0.29, 0.717) is 25.9 Å². The summed E-state index contributed by atoms with van der Waals surface area (Å²) in [5.41, 5.74) is 2.52. The van der Waals surface area contributed by atoms with Crippen molar-refractivity contribution in [2.45, 2.75) is 45.6 Å². The van der Waals surface area contributed by atoms with Crippen molar-refractivity contribution in [2.24, 2.45) is 0 Å². The minimum absolute atomic E-state index is 0.168. The van der Waals surface area contributed by atoms with Gasteiger partial charge in [0.25, 0.3) is 0 Å². The number of hydrogen-bond donors (Lipinski definition) is 2. The fourth-order valence-corrected chi connectivity index (χ4v) is 3.69. The first-order chi connectivity index (χ1) is 14.2. The molecule has 30 heavy (non-hydrogen) atoms. The Labute approximate surface area is 177 Å². The molecule has 5 nitrogen and oxygen atoms in total. The number of aryl methyl sites for hydroxylation is 3. The van der Waals surface area contributed by atoms with Gasteiger partial charge in [0, 0.05) is 6.54 Å². The summed E-state index contributed by atoms with van der Waals surface area (Å²) in [6.45, 7) is 7.62. The quantitative estimate of drug-likeness (QED) is 0.751. The molecule has 2 aromatic carbocycles. The largest absolute Gasteiger partial charge is 0.491 e. The molecule has 1 unspecified atom stereocenters. The fourth-order valence-electron chi connectivity index (χ4n) is 3.69. The summed E-state index contributed by atoms with van der Waals surface area (Å²) < 4.78 is 19.7. The number of rotatable bonds is 6. The van der Waals surface area contributed by atoms with E-state index in [2.05, 4.69) is 12.2 Å². The molecule has 1 saturated heterocycles. The molecule has 1 amide bonds. The Kier molecular flexibility index (Phi) is 7.10. The lowest BCUT2D eigenvalue weighted by Gasteiger charge is -2.27. The first-order valence-corrected chi connectivity index (χ1v) is 10.4. The first kappa shape index (κ1) is 22.2. The molecule has 1 aliphatic rings. The van der Waals surface area contributed by atoms with Crippen molar-refractivity contribution in [2.75, 3.05) is 31.6 Å². The van der Waals surface area contributed by atoms with E-state index in [-0.39, 0.29) is 24.7 Å². The smallest absolute Gasteiger partial charge is 0.238 e. The third kappa shape index (κ3) is 6.03. The number of amides is 1. The number of ether oxygens (including phenoxy) is 1. The van der Waals surface area contributed by atoms with E-state index >= 15 is 0 Å². The Morgan fingerprint density at radius 2 is 1.93 bits per heavy atom. The van der Waals surface area contributed by atoms with Gasteiger partial charge in [0.1, 0.15) is 18.2 Å².